The zero-order chi connectivity index (χ0) is 20.1. The summed E-state index contributed by atoms with van der Waals surface area (Å²) in [5.74, 6) is 0.854. The van der Waals surface area contributed by atoms with E-state index in [-0.39, 0.29) is 11.9 Å². The first-order chi connectivity index (χ1) is 13.4. The molecular formula is C23H30N3OS+. The standard InChI is InChI=1S/C23H29N3OS/c1-16(2)13-17-6-8-18(9-7-17)22(20-5-4-12-28-20)25-14-21(27)26-23(3,15-24)19-10-11-19/h4-9,12,16,19,22,25H,10-11,13-14H2,1-3H3,(H,26,27)/p+1/t22-,23-/m1/s1. The molecule has 0 spiro atoms. The zero-order valence-electron chi connectivity index (χ0n) is 16.9. The highest BCUT2D eigenvalue weighted by Crippen LogP contribution is 2.39. The van der Waals surface area contributed by atoms with Crippen molar-refractivity contribution >= 4 is 17.2 Å². The third-order valence-corrected chi connectivity index (χ3v) is 6.35. The van der Waals surface area contributed by atoms with Crippen LogP contribution in [0.25, 0.3) is 0 Å². The van der Waals surface area contributed by atoms with Crippen LogP contribution in [0, 0.1) is 23.2 Å². The lowest BCUT2D eigenvalue weighted by Gasteiger charge is -2.23. The van der Waals surface area contributed by atoms with Crippen molar-refractivity contribution in [1.29, 1.82) is 5.26 Å². The molecule has 0 unspecified atom stereocenters. The lowest BCUT2D eigenvalue weighted by atomic mass is 9.97. The van der Waals surface area contributed by atoms with Gasteiger partial charge in [0, 0.05) is 5.56 Å². The molecule has 2 atom stereocenters. The van der Waals surface area contributed by atoms with E-state index in [1.54, 1.807) is 11.3 Å². The minimum absolute atomic E-state index is 0.0751. The predicted molar refractivity (Wildman–Crippen MR) is 113 cm³/mol. The molecule has 1 aromatic carbocycles. The first kappa shape index (κ1) is 20.6. The van der Waals surface area contributed by atoms with Gasteiger partial charge in [-0.15, -0.1) is 11.3 Å². The molecule has 4 nitrogen and oxygen atoms in total. The number of nitrogens with zero attached hydrogens (tertiary/aromatic N) is 1. The molecule has 3 rings (SSSR count). The molecule has 1 aliphatic rings. The second-order valence-corrected chi connectivity index (χ2v) is 9.39. The quantitative estimate of drug-likeness (QED) is 0.682. The number of quaternary nitrogens is 1. The van der Waals surface area contributed by atoms with Crippen LogP contribution in [0.5, 0.6) is 0 Å². The Kier molecular flexibility index (Phi) is 6.53. The maximum absolute atomic E-state index is 12.5. The summed E-state index contributed by atoms with van der Waals surface area (Å²) in [6.45, 7) is 6.60. The number of benzene rings is 1. The van der Waals surface area contributed by atoms with Gasteiger partial charge < -0.3 is 10.6 Å². The molecule has 0 saturated heterocycles. The molecule has 1 aliphatic carbocycles. The molecule has 1 saturated carbocycles. The summed E-state index contributed by atoms with van der Waals surface area (Å²) in [5.41, 5.74) is 1.81. The van der Waals surface area contributed by atoms with Crippen molar-refractivity contribution in [2.75, 3.05) is 6.54 Å². The SMILES string of the molecule is CC(C)Cc1ccc([C@@H]([NH2+]CC(=O)N[C@](C)(C#N)C2CC2)c2cccs2)cc1. The summed E-state index contributed by atoms with van der Waals surface area (Å²) in [5, 5.41) is 16.6. The molecule has 2 aromatic rings. The number of carbonyl (C=O) groups is 1. The van der Waals surface area contributed by atoms with Crippen LogP contribution in [0.2, 0.25) is 0 Å². The fourth-order valence-corrected chi connectivity index (χ4v) is 4.52. The summed E-state index contributed by atoms with van der Waals surface area (Å²) in [7, 11) is 0. The second-order valence-electron chi connectivity index (χ2n) is 8.41. The summed E-state index contributed by atoms with van der Waals surface area (Å²) < 4.78 is 0. The van der Waals surface area contributed by atoms with Gasteiger partial charge in [-0.25, -0.2) is 0 Å². The van der Waals surface area contributed by atoms with Crippen LogP contribution in [0.3, 0.4) is 0 Å². The van der Waals surface area contributed by atoms with Crippen molar-refractivity contribution in [2.45, 2.75) is 51.6 Å². The average molecular weight is 397 g/mol. The van der Waals surface area contributed by atoms with Crippen LogP contribution in [0.4, 0.5) is 0 Å². The number of nitrogens with one attached hydrogen (secondary N) is 1. The van der Waals surface area contributed by atoms with Gasteiger partial charge in [0.15, 0.2) is 6.54 Å². The van der Waals surface area contributed by atoms with Gasteiger partial charge in [-0.05, 0) is 55.0 Å². The van der Waals surface area contributed by atoms with Gasteiger partial charge in [0.2, 0.25) is 0 Å². The maximum Gasteiger partial charge on any atom is 0.276 e. The Balaban J connectivity index is 1.68. The van der Waals surface area contributed by atoms with Gasteiger partial charge in [-0.2, -0.15) is 5.26 Å². The van der Waals surface area contributed by atoms with Gasteiger partial charge >= 0.3 is 0 Å². The molecule has 28 heavy (non-hydrogen) atoms. The molecular weight excluding hydrogens is 366 g/mol. The Morgan fingerprint density at radius 1 is 1.32 bits per heavy atom. The predicted octanol–water partition coefficient (Wildman–Crippen LogP) is 3.41. The Morgan fingerprint density at radius 3 is 2.57 bits per heavy atom. The smallest absolute Gasteiger partial charge is 0.276 e. The van der Waals surface area contributed by atoms with Crippen LogP contribution in [-0.4, -0.2) is 18.0 Å². The average Bonchev–Trinajstić information content (AvgIpc) is 3.40. The molecule has 1 heterocycles. The zero-order valence-corrected chi connectivity index (χ0v) is 17.8. The number of rotatable bonds is 9. The van der Waals surface area contributed by atoms with Gasteiger partial charge in [0.1, 0.15) is 11.6 Å². The number of hydrogen-bond donors (Lipinski definition) is 2. The van der Waals surface area contributed by atoms with E-state index in [0.717, 1.165) is 19.3 Å². The molecule has 3 N–H and O–H groups in total. The number of thiophene rings is 1. The Hall–Kier alpha value is -2.16. The molecule has 5 heteroatoms. The topological polar surface area (TPSA) is 69.5 Å². The van der Waals surface area contributed by atoms with Crippen LogP contribution in [0.15, 0.2) is 41.8 Å². The molecule has 1 fully saturated rings. The van der Waals surface area contributed by atoms with Crippen molar-refractivity contribution in [3.8, 4) is 6.07 Å². The number of nitriles is 1. The molecule has 148 valence electrons. The Labute approximate surface area is 172 Å². The van der Waals surface area contributed by atoms with Crippen molar-refractivity contribution in [3.63, 3.8) is 0 Å². The summed E-state index contributed by atoms with van der Waals surface area (Å²) in [4.78, 5) is 13.8. The number of nitrogens with two attached hydrogens (primary N) is 1. The van der Waals surface area contributed by atoms with Crippen LogP contribution >= 0.6 is 11.3 Å². The minimum Gasteiger partial charge on any atom is -0.333 e. The monoisotopic (exact) mass is 396 g/mol. The molecule has 1 amide bonds. The number of amides is 1. The van der Waals surface area contributed by atoms with Crippen molar-refractivity contribution in [2.24, 2.45) is 11.8 Å². The largest absolute Gasteiger partial charge is 0.333 e. The van der Waals surface area contributed by atoms with E-state index in [2.05, 4.69) is 66.3 Å². The van der Waals surface area contributed by atoms with E-state index < -0.39 is 5.54 Å². The Morgan fingerprint density at radius 2 is 2.04 bits per heavy atom. The van der Waals surface area contributed by atoms with E-state index in [1.807, 2.05) is 13.0 Å². The maximum atomic E-state index is 12.5. The molecule has 1 aromatic heterocycles. The van der Waals surface area contributed by atoms with Gasteiger partial charge in [0.05, 0.1) is 10.9 Å². The molecule has 0 bridgehead atoms. The normalized spacial score (nSPS) is 17.0. The summed E-state index contributed by atoms with van der Waals surface area (Å²) in [6.07, 6.45) is 3.12. The van der Waals surface area contributed by atoms with Gasteiger partial charge in [-0.1, -0.05) is 44.2 Å². The van der Waals surface area contributed by atoms with Crippen LogP contribution < -0.4 is 10.6 Å². The fraction of sp³-hybridized carbons (Fsp3) is 0.478. The lowest BCUT2D eigenvalue weighted by molar-refractivity contribution is -0.676. The van der Waals surface area contributed by atoms with E-state index in [4.69, 9.17) is 0 Å². The third-order valence-electron chi connectivity index (χ3n) is 5.40. The van der Waals surface area contributed by atoms with E-state index >= 15 is 0 Å². The van der Waals surface area contributed by atoms with E-state index in [9.17, 15) is 10.1 Å². The van der Waals surface area contributed by atoms with E-state index in [1.165, 1.54) is 16.0 Å². The van der Waals surface area contributed by atoms with Crippen LogP contribution in [0.1, 0.15) is 55.7 Å². The lowest BCUT2D eigenvalue weighted by Crippen LogP contribution is -2.88. The second kappa shape index (κ2) is 8.89. The summed E-state index contributed by atoms with van der Waals surface area (Å²) in [6, 6.07) is 15.3. The van der Waals surface area contributed by atoms with Crippen LogP contribution in [-0.2, 0) is 11.2 Å². The first-order valence-corrected chi connectivity index (χ1v) is 11.0. The van der Waals surface area contributed by atoms with Gasteiger partial charge in [-0.3, -0.25) is 4.79 Å². The highest BCUT2D eigenvalue weighted by atomic mass is 32.1. The first-order valence-electron chi connectivity index (χ1n) is 10.1. The third kappa shape index (κ3) is 5.21. The van der Waals surface area contributed by atoms with Crippen molar-refractivity contribution in [3.05, 3.63) is 57.8 Å². The molecule has 0 radical (unpaired) electrons. The fourth-order valence-electron chi connectivity index (χ4n) is 3.66. The Bertz CT molecular complexity index is 819. The number of hydrogen-bond acceptors (Lipinski definition) is 3. The van der Waals surface area contributed by atoms with Gasteiger partial charge in [0.25, 0.3) is 5.91 Å². The minimum atomic E-state index is -0.734. The highest BCUT2D eigenvalue weighted by Gasteiger charge is 2.43. The van der Waals surface area contributed by atoms with E-state index in [0.29, 0.717) is 18.4 Å². The van der Waals surface area contributed by atoms with Crippen molar-refractivity contribution < 1.29 is 10.1 Å². The van der Waals surface area contributed by atoms with Crippen molar-refractivity contribution in [1.82, 2.24) is 5.32 Å². The number of carbonyl (C=O) groups excluding carboxylic acids is 1. The molecule has 0 aliphatic heterocycles. The summed E-state index contributed by atoms with van der Waals surface area (Å²) >= 11 is 1.71. The highest BCUT2D eigenvalue weighted by molar-refractivity contribution is 7.10.